The first kappa shape index (κ1) is 18.9. The van der Waals surface area contributed by atoms with Crippen LogP contribution in [0.2, 0.25) is 0 Å². The molecule has 1 heterocycles. The highest BCUT2D eigenvalue weighted by molar-refractivity contribution is 5.61. The molecule has 1 fully saturated rings. The lowest BCUT2D eigenvalue weighted by Crippen LogP contribution is -2.31. The van der Waals surface area contributed by atoms with E-state index in [0.717, 1.165) is 43.1 Å². The predicted octanol–water partition coefficient (Wildman–Crippen LogP) is 4.30. The van der Waals surface area contributed by atoms with Crippen molar-refractivity contribution in [3.05, 3.63) is 53.6 Å². The lowest BCUT2D eigenvalue weighted by atomic mass is 10.1. The number of rotatable bonds is 3. The Morgan fingerprint density at radius 3 is 2.26 bits per heavy atom. The number of methoxy groups -OCH3 is 1. The average molecular weight is 375 g/mol. The number of alkyl halides is 3. The van der Waals surface area contributed by atoms with Crippen molar-refractivity contribution in [3.8, 4) is 11.8 Å². The van der Waals surface area contributed by atoms with Gasteiger partial charge in [-0.3, -0.25) is 0 Å². The minimum absolute atomic E-state index is 0.0581. The molecule has 0 bridgehead atoms. The van der Waals surface area contributed by atoms with Crippen molar-refractivity contribution < 1.29 is 17.9 Å². The van der Waals surface area contributed by atoms with Gasteiger partial charge < -0.3 is 14.5 Å². The van der Waals surface area contributed by atoms with Crippen molar-refractivity contribution in [3.63, 3.8) is 0 Å². The number of nitrogens with zero attached hydrogens (tertiary/aromatic N) is 3. The van der Waals surface area contributed by atoms with Gasteiger partial charge in [0.1, 0.15) is 11.8 Å². The maximum atomic E-state index is 12.9. The summed E-state index contributed by atoms with van der Waals surface area (Å²) in [7, 11) is 1.62. The summed E-state index contributed by atoms with van der Waals surface area (Å²) < 4.78 is 43.9. The lowest BCUT2D eigenvalue weighted by molar-refractivity contribution is -0.137. The van der Waals surface area contributed by atoms with Crippen LogP contribution in [0, 0.1) is 11.3 Å². The van der Waals surface area contributed by atoms with Gasteiger partial charge in [0, 0.05) is 31.9 Å². The minimum Gasteiger partial charge on any atom is -0.497 e. The molecule has 0 aliphatic carbocycles. The van der Waals surface area contributed by atoms with Crippen LogP contribution in [0.1, 0.15) is 17.5 Å². The van der Waals surface area contributed by atoms with Crippen LogP contribution in [-0.4, -0.2) is 33.3 Å². The Hall–Kier alpha value is -2.88. The van der Waals surface area contributed by atoms with Gasteiger partial charge in [0.25, 0.3) is 0 Å². The van der Waals surface area contributed by atoms with E-state index in [9.17, 15) is 18.4 Å². The molecule has 1 saturated heterocycles. The van der Waals surface area contributed by atoms with E-state index in [0.29, 0.717) is 18.8 Å². The van der Waals surface area contributed by atoms with Crippen LogP contribution in [0.25, 0.3) is 0 Å². The largest absolute Gasteiger partial charge is 0.497 e. The molecule has 0 spiro atoms. The van der Waals surface area contributed by atoms with E-state index in [2.05, 4.69) is 4.90 Å². The van der Waals surface area contributed by atoms with Crippen LogP contribution in [0.15, 0.2) is 42.5 Å². The van der Waals surface area contributed by atoms with Gasteiger partial charge in [-0.1, -0.05) is 0 Å². The van der Waals surface area contributed by atoms with Gasteiger partial charge in [0.15, 0.2) is 0 Å². The number of anilines is 2. The molecule has 2 aromatic rings. The molecular formula is C20H20F3N3O. The normalized spacial score (nSPS) is 15.2. The SMILES string of the molecule is COc1ccc(N2CCCN(c3ccc(C(F)(F)F)cc3C#N)CC2)cc1. The zero-order chi connectivity index (χ0) is 19.4. The summed E-state index contributed by atoms with van der Waals surface area (Å²) in [6, 6.07) is 13.1. The van der Waals surface area contributed by atoms with E-state index in [1.807, 2.05) is 35.2 Å². The number of ether oxygens (including phenoxy) is 1. The Kier molecular flexibility index (Phi) is 5.45. The second kappa shape index (κ2) is 7.78. The quantitative estimate of drug-likeness (QED) is 0.802. The maximum Gasteiger partial charge on any atom is 0.416 e. The highest BCUT2D eigenvalue weighted by atomic mass is 19.4. The van der Waals surface area contributed by atoms with Crippen LogP contribution in [0.5, 0.6) is 5.75 Å². The Bertz CT molecular complexity index is 828. The molecule has 1 aliphatic rings. The van der Waals surface area contributed by atoms with E-state index in [1.54, 1.807) is 7.11 Å². The summed E-state index contributed by atoms with van der Waals surface area (Å²) in [6.07, 6.45) is -3.61. The van der Waals surface area contributed by atoms with Gasteiger partial charge >= 0.3 is 6.18 Å². The van der Waals surface area contributed by atoms with Crippen molar-refractivity contribution >= 4 is 11.4 Å². The molecule has 0 atom stereocenters. The summed E-state index contributed by atoms with van der Waals surface area (Å²) in [5.41, 5.74) is 0.896. The van der Waals surface area contributed by atoms with Crippen molar-refractivity contribution in [2.45, 2.75) is 12.6 Å². The molecular weight excluding hydrogens is 355 g/mol. The number of hydrogen-bond donors (Lipinski definition) is 0. The van der Waals surface area contributed by atoms with E-state index >= 15 is 0 Å². The molecule has 0 N–H and O–H groups in total. The van der Waals surface area contributed by atoms with Crippen molar-refractivity contribution in [2.75, 3.05) is 43.1 Å². The maximum absolute atomic E-state index is 12.9. The Labute approximate surface area is 156 Å². The van der Waals surface area contributed by atoms with Crippen molar-refractivity contribution in [1.29, 1.82) is 5.26 Å². The van der Waals surface area contributed by atoms with Crippen LogP contribution >= 0.6 is 0 Å². The third kappa shape index (κ3) is 4.27. The topological polar surface area (TPSA) is 39.5 Å². The standard InChI is InChI=1S/C20H20F3N3O/c1-27-18-6-4-17(5-7-18)25-9-2-10-26(12-11-25)19-8-3-16(20(21,22)23)13-15(19)14-24/h3-8,13H,2,9-12H2,1H3. The van der Waals surface area contributed by atoms with E-state index in [-0.39, 0.29) is 5.56 Å². The van der Waals surface area contributed by atoms with Gasteiger partial charge in [-0.25, -0.2) is 0 Å². The fourth-order valence-corrected chi connectivity index (χ4v) is 3.29. The summed E-state index contributed by atoms with van der Waals surface area (Å²) in [4.78, 5) is 4.22. The first-order valence-electron chi connectivity index (χ1n) is 8.67. The monoisotopic (exact) mass is 375 g/mol. The van der Waals surface area contributed by atoms with Crippen LogP contribution < -0.4 is 14.5 Å². The number of nitriles is 1. The summed E-state index contributed by atoms with van der Waals surface area (Å²) in [5.74, 6) is 0.790. The number of benzene rings is 2. The summed E-state index contributed by atoms with van der Waals surface area (Å²) >= 11 is 0. The molecule has 0 saturated carbocycles. The Morgan fingerprint density at radius 1 is 0.963 bits per heavy atom. The first-order valence-corrected chi connectivity index (χ1v) is 8.67. The van der Waals surface area contributed by atoms with Gasteiger partial charge in [-0.15, -0.1) is 0 Å². The highest BCUT2D eigenvalue weighted by Gasteiger charge is 2.31. The molecule has 0 aromatic heterocycles. The van der Waals surface area contributed by atoms with E-state index < -0.39 is 11.7 Å². The van der Waals surface area contributed by atoms with Crippen LogP contribution in [0.3, 0.4) is 0 Å². The molecule has 0 radical (unpaired) electrons. The van der Waals surface area contributed by atoms with Crippen LogP contribution in [0.4, 0.5) is 24.5 Å². The smallest absolute Gasteiger partial charge is 0.416 e. The van der Waals surface area contributed by atoms with Gasteiger partial charge in [-0.05, 0) is 48.9 Å². The summed E-state index contributed by atoms with van der Waals surface area (Å²) in [6.45, 7) is 2.88. The number of hydrogen-bond acceptors (Lipinski definition) is 4. The second-order valence-corrected chi connectivity index (χ2v) is 6.37. The molecule has 3 rings (SSSR count). The zero-order valence-electron chi connectivity index (χ0n) is 15.0. The van der Waals surface area contributed by atoms with Crippen LogP contribution in [-0.2, 0) is 6.18 Å². The summed E-state index contributed by atoms with van der Waals surface area (Å²) in [5, 5.41) is 9.32. The van der Waals surface area contributed by atoms with Gasteiger partial charge in [-0.2, -0.15) is 18.4 Å². The van der Waals surface area contributed by atoms with Crippen molar-refractivity contribution in [2.24, 2.45) is 0 Å². The number of halogens is 3. The van der Waals surface area contributed by atoms with Crippen molar-refractivity contribution in [1.82, 2.24) is 0 Å². The Morgan fingerprint density at radius 2 is 1.63 bits per heavy atom. The van der Waals surface area contributed by atoms with E-state index in [1.165, 1.54) is 6.07 Å². The third-order valence-electron chi connectivity index (χ3n) is 4.72. The Balaban J connectivity index is 1.77. The van der Waals surface area contributed by atoms with E-state index in [4.69, 9.17) is 4.74 Å². The molecule has 0 amide bonds. The molecule has 7 heteroatoms. The first-order chi connectivity index (χ1) is 12.9. The third-order valence-corrected chi connectivity index (χ3v) is 4.72. The molecule has 4 nitrogen and oxygen atoms in total. The highest BCUT2D eigenvalue weighted by Crippen LogP contribution is 2.33. The molecule has 142 valence electrons. The second-order valence-electron chi connectivity index (χ2n) is 6.37. The lowest BCUT2D eigenvalue weighted by Gasteiger charge is -2.26. The fourth-order valence-electron chi connectivity index (χ4n) is 3.29. The van der Waals surface area contributed by atoms with Gasteiger partial charge in [0.05, 0.1) is 23.9 Å². The molecule has 2 aromatic carbocycles. The fraction of sp³-hybridized carbons (Fsp3) is 0.350. The molecule has 0 unspecified atom stereocenters. The minimum atomic E-state index is -4.45. The van der Waals surface area contributed by atoms with Gasteiger partial charge in [0.2, 0.25) is 0 Å². The predicted molar refractivity (Wildman–Crippen MR) is 98.2 cm³/mol. The zero-order valence-corrected chi connectivity index (χ0v) is 15.0. The molecule has 27 heavy (non-hydrogen) atoms. The molecule has 1 aliphatic heterocycles. The average Bonchev–Trinajstić information content (AvgIpc) is 2.93.